The molecule has 0 spiro atoms. The summed E-state index contributed by atoms with van der Waals surface area (Å²) in [6.07, 6.45) is 3.58. The lowest BCUT2D eigenvalue weighted by Gasteiger charge is -2.30. The van der Waals surface area contributed by atoms with Gasteiger partial charge in [0, 0.05) is 43.5 Å². The van der Waals surface area contributed by atoms with E-state index < -0.39 is 5.82 Å². The molecule has 1 aliphatic carbocycles. The molecule has 6 nitrogen and oxygen atoms in total. The standard InChI is InChI=1S/C20H25ClFN5O/c1-12-10-18(26-20(23-12)27(2)3)24-14-5-7-15(8-6-14)25-19(28)13-4-9-17(22)16(21)11-13/h4,9-11,14-15H,5-8H2,1-3H3,(H,25,28)(H,23,24,26)/t14-,15+. The van der Waals surface area contributed by atoms with Gasteiger partial charge in [0.2, 0.25) is 5.95 Å². The fourth-order valence-electron chi connectivity index (χ4n) is 3.32. The molecule has 0 atom stereocenters. The molecule has 150 valence electrons. The van der Waals surface area contributed by atoms with Crippen molar-refractivity contribution < 1.29 is 9.18 Å². The highest BCUT2D eigenvalue weighted by molar-refractivity contribution is 6.31. The monoisotopic (exact) mass is 405 g/mol. The van der Waals surface area contributed by atoms with Gasteiger partial charge in [0.1, 0.15) is 11.6 Å². The first-order valence-corrected chi connectivity index (χ1v) is 9.75. The van der Waals surface area contributed by atoms with Crippen molar-refractivity contribution in [2.24, 2.45) is 0 Å². The third kappa shape index (κ3) is 5.10. The van der Waals surface area contributed by atoms with Crippen LogP contribution in [0.2, 0.25) is 5.02 Å². The zero-order chi connectivity index (χ0) is 20.3. The van der Waals surface area contributed by atoms with Crippen molar-refractivity contribution in [3.63, 3.8) is 0 Å². The summed E-state index contributed by atoms with van der Waals surface area (Å²) in [6.45, 7) is 1.95. The van der Waals surface area contributed by atoms with Gasteiger partial charge in [-0.05, 0) is 50.8 Å². The maximum Gasteiger partial charge on any atom is 0.251 e. The molecular weight excluding hydrogens is 381 g/mol. The zero-order valence-electron chi connectivity index (χ0n) is 16.3. The molecule has 0 saturated heterocycles. The molecule has 1 amide bonds. The average molecular weight is 406 g/mol. The van der Waals surface area contributed by atoms with Crippen molar-refractivity contribution in [3.8, 4) is 0 Å². The smallest absolute Gasteiger partial charge is 0.251 e. The Balaban J connectivity index is 1.53. The Morgan fingerprint density at radius 1 is 1.14 bits per heavy atom. The van der Waals surface area contributed by atoms with Gasteiger partial charge >= 0.3 is 0 Å². The minimum Gasteiger partial charge on any atom is -0.367 e. The zero-order valence-corrected chi connectivity index (χ0v) is 17.1. The Hall–Kier alpha value is -2.41. The fourth-order valence-corrected chi connectivity index (χ4v) is 3.50. The SMILES string of the molecule is Cc1cc(N[C@H]2CC[C@@H](NC(=O)c3ccc(F)c(Cl)c3)CC2)nc(N(C)C)n1. The van der Waals surface area contributed by atoms with Gasteiger partial charge in [-0.3, -0.25) is 4.79 Å². The number of carbonyl (C=O) groups is 1. The van der Waals surface area contributed by atoms with Crippen LogP contribution in [0.4, 0.5) is 16.2 Å². The lowest BCUT2D eigenvalue weighted by atomic mass is 9.91. The van der Waals surface area contributed by atoms with E-state index in [1.807, 2.05) is 32.0 Å². The number of benzene rings is 1. The summed E-state index contributed by atoms with van der Waals surface area (Å²) < 4.78 is 13.3. The summed E-state index contributed by atoms with van der Waals surface area (Å²) in [6, 6.07) is 6.36. The number of aromatic nitrogens is 2. The van der Waals surface area contributed by atoms with Crippen molar-refractivity contribution in [3.05, 3.63) is 46.4 Å². The van der Waals surface area contributed by atoms with Gasteiger partial charge in [-0.25, -0.2) is 9.37 Å². The first kappa shape index (κ1) is 20.3. The van der Waals surface area contributed by atoms with Crippen LogP contribution >= 0.6 is 11.6 Å². The van der Waals surface area contributed by atoms with E-state index in [4.69, 9.17) is 11.6 Å². The highest BCUT2D eigenvalue weighted by Crippen LogP contribution is 2.23. The molecular formula is C20H25ClFN5O. The first-order valence-electron chi connectivity index (χ1n) is 9.37. The van der Waals surface area contributed by atoms with Crippen molar-refractivity contribution in [1.82, 2.24) is 15.3 Å². The number of aryl methyl sites for hydroxylation is 1. The van der Waals surface area contributed by atoms with E-state index in [9.17, 15) is 9.18 Å². The minimum absolute atomic E-state index is 0.0437. The highest BCUT2D eigenvalue weighted by atomic mass is 35.5. The second-order valence-corrected chi connectivity index (χ2v) is 7.79. The van der Waals surface area contributed by atoms with Gasteiger partial charge in [-0.1, -0.05) is 11.6 Å². The van der Waals surface area contributed by atoms with Gasteiger partial charge < -0.3 is 15.5 Å². The van der Waals surface area contributed by atoms with Crippen LogP contribution in [0.5, 0.6) is 0 Å². The van der Waals surface area contributed by atoms with Gasteiger partial charge in [0.15, 0.2) is 0 Å². The highest BCUT2D eigenvalue weighted by Gasteiger charge is 2.23. The first-order chi connectivity index (χ1) is 13.3. The number of nitrogens with zero attached hydrogens (tertiary/aromatic N) is 3. The van der Waals surface area contributed by atoms with Crippen molar-refractivity contribution >= 4 is 29.3 Å². The number of halogens is 2. The third-order valence-corrected chi connectivity index (χ3v) is 5.13. The predicted octanol–water partition coefficient (Wildman–Crippen LogP) is 3.80. The molecule has 8 heteroatoms. The largest absolute Gasteiger partial charge is 0.367 e. The van der Waals surface area contributed by atoms with E-state index in [0.717, 1.165) is 37.2 Å². The molecule has 1 saturated carbocycles. The number of amides is 1. The molecule has 0 aliphatic heterocycles. The topological polar surface area (TPSA) is 70.2 Å². The fraction of sp³-hybridized carbons (Fsp3) is 0.450. The second kappa shape index (κ2) is 8.73. The lowest BCUT2D eigenvalue weighted by molar-refractivity contribution is 0.0926. The Kier molecular flexibility index (Phi) is 6.34. The van der Waals surface area contributed by atoms with Crippen LogP contribution in [0.25, 0.3) is 0 Å². The molecule has 0 radical (unpaired) electrons. The molecule has 2 aromatic rings. The van der Waals surface area contributed by atoms with Crippen LogP contribution in [-0.4, -0.2) is 42.1 Å². The summed E-state index contributed by atoms with van der Waals surface area (Å²) >= 11 is 5.76. The normalized spacial score (nSPS) is 19.2. The number of rotatable bonds is 5. The van der Waals surface area contributed by atoms with E-state index in [1.54, 1.807) is 0 Å². The Morgan fingerprint density at radius 3 is 2.46 bits per heavy atom. The quantitative estimate of drug-likeness (QED) is 0.791. The van der Waals surface area contributed by atoms with Gasteiger partial charge in [0.25, 0.3) is 5.91 Å². The van der Waals surface area contributed by atoms with Crippen LogP contribution in [0.3, 0.4) is 0 Å². The Labute approximate surface area is 169 Å². The molecule has 1 aliphatic rings. The van der Waals surface area contributed by atoms with Gasteiger partial charge in [0.05, 0.1) is 5.02 Å². The predicted molar refractivity (Wildman–Crippen MR) is 110 cm³/mol. The van der Waals surface area contributed by atoms with E-state index in [-0.39, 0.29) is 17.0 Å². The number of hydrogen-bond donors (Lipinski definition) is 2. The molecule has 2 N–H and O–H groups in total. The molecule has 28 heavy (non-hydrogen) atoms. The van der Waals surface area contributed by atoms with E-state index in [2.05, 4.69) is 20.6 Å². The summed E-state index contributed by atoms with van der Waals surface area (Å²) in [7, 11) is 3.83. The molecule has 1 aromatic carbocycles. The molecule has 1 aromatic heterocycles. The van der Waals surface area contributed by atoms with Crippen molar-refractivity contribution in [2.75, 3.05) is 24.3 Å². The summed E-state index contributed by atoms with van der Waals surface area (Å²) in [5, 5.41) is 6.46. The van der Waals surface area contributed by atoms with Crippen LogP contribution in [-0.2, 0) is 0 Å². The molecule has 3 rings (SSSR count). The number of nitrogens with one attached hydrogen (secondary N) is 2. The summed E-state index contributed by atoms with van der Waals surface area (Å²) in [5.74, 6) is 0.758. The summed E-state index contributed by atoms with van der Waals surface area (Å²) in [4.78, 5) is 23.2. The van der Waals surface area contributed by atoms with E-state index in [1.165, 1.54) is 18.2 Å². The van der Waals surface area contributed by atoms with Crippen LogP contribution in [0, 0.1) is 12.7 Å². The van der Waals surface area contributed by atoms with Gasteiger partial charge in [-0.2, -0.15) is 4.98 Å². The minimum atomic E-state index is -0.526. The summed E-state index contributed by atoms with van der Waals surface area (Å²) in [5.41, 5.74) is 1.29. The van der Waals surface area contributed by atoms with Crippen LogP contribution in [0.1, 0.15) is 41.7 Å². The number of hydrogen-bond acceptors (Lipinski definition) is 5. The Bertz CT molecular complexity index is 852. The van der Waals surface area contributed by atoms with Crippen LogP contribution < -0.4 is 15.5 Å². The molecule has 0 bridgehead atoms. The number of carbonyl (C=O) groups excluding carboxylic acids is 1. The van der Waals surface area contributed by atoms with E-state index in [0.29, 0.717) is 17.6 Å². The molecule has 0 unspecified atom stereocenters. The van der Waals surface area contributed by atoms with Crippen molar-refractivity contribution in [1.29, 1.82) is 0 Å². The van der Waals surface area contributed by atoms with Gasteiger partial charge in [-0.15, -0.1) is 0 Å². The number of anilines is 2. The van der Waals surface area contributed by atoms with E-state index >= 15 is 0 Å². The molecule has 1 fully saturated rings. The third-order valence-electron chi connectivity index (χ3n) is 4.84. The lowest BCUT2D eigenvalue weighted by Crippen LogP contribution is -2.40. The second-order valence-electron chi connectivity index (χ2n) is 7.38. The maximum absolute atomic E-state index is 13.3. The molecule has 1 heterocycles. The van der Waals surface area contributed by atoms with Crippen LogP contribution in [0.15, 0.2) is 24.3 Å². The average Bonchev–Trinajstić information content (AvgIpc) is 2.65. The maximum atomic E-state index is 13.3. The Morgan fingerprint density at radius 2 is 1.82 bits per heavy atom. The van der Waals surface area contributed by atoms with Crippen molar-refractivity contribution in [2.45, 2.75) is 44.7 Å².